The highest BCUT2D eigenvalue weighted by Crippen LogP contribution is 2.42. The number of nitrogens with zero attached hydrogens (tertiary/aromatic N) is 3. The number of likely N-dealkylation sites (tertiary alicyclic amines) is 1. The molecule has 1 unspecified atom stereocenters. The summed E-state index contributed by atoms with van der Waals surface area (Å²) in [6.07, 6.45) is 6.19. The van der Waals surface area contributed by atoms with Crippen LogP contribution in [0.1, 0.15) is 22.7 Å². The molecule has 1 saturated heterocycles. The number of methoxy groups -OCH3 is 1. The SMILES string of the molecule is COc1cc(C2C(=C(O)c3ccncc3)C(=O)C(=O)N2Cc2cccnc2)ccc1O. The zero-order valence-corrected chi connectivity index (χ0v) is 16.6. The fraction of sp³-hybridized carbons (Fsp3) is 0.130. The molecule has 2 N–H and O–H groups in total. The number of pyridine rings is 2. The van der Waals surface area contributed by atoms with Crippen molar-refractivity contribution in [2.45, 2.75) is 12.6 Å². The van der Waals surface area contributed by atoms with Crippen LogP contribution in [-0.2, 0) is 16.1 Å². The summed E-state index contributed by atoms with van der Waals surface area (Å²) in [5.41, 5.74) is 1.55. The molecule has 1 aliphatic rings. The highest BCUT2D eigenvalue weighted by atomic mass is 16.5. The highest BCUT2D eigenvalue weighted by molar-refractivity contribution is 6.46. The van der Waals surface area contributed by atoms with E-state index >= 15 is 0 Å². The summed E-state index contributed by atoms with van der Waals surface area (Å²) in [5.74, 6) is -1.73. The maximum atomic E-state index is 13.0. The summed E-state index contributed by atoms with van der Waals surface area (Å²) in [4.78, 5) is 35.3. The Morgan fingerprint density at radius 1 is 1.10 bits per heavy atom. The van der Waals surface area contributed by atoms with Crippen molar-refractivity contribution in [1.29, 1.82) is 0 Å². The van der Waals surface area contributed by atoms with E-state index in [2.05, 4.69) is 9.97 Å². The number of aliphatic hydroxyl groups is 1. The molecule has 1 atom stereocenters. The summed E-state index contributed by atoms with van der Waals surface area (Å²) in [5, 5.41) is 21.0. The van der Waals surface area contributed by atoms with Crippen LogP contribution in [0.25, 0.3) is 5.76 Å². The van der Waals surface area contributed by atoms with Gasteiger partial charge in [-0.1, -0.05) is 12.1 Å². The maximum absolute atomic E-state index is 13.0. The Morgan fingerprint density at radius 3 is 2.55 bits per heavy atom. The molecule has 0 spiro atoms. The van der Waals surface area contributed by atoms with Gasteiger partial charge >= 0.3 is 0 Å². The van der Waals surface area contributed by atoms with Crippen LogP contribution in [0.4, 0.5) is 0 Å². The molecule has 31 heavy (non-hydrogen) atoms. The van der Waals surface area contributed by atoms with Gasteiger partial charge in [0, 0.05) is 36.9 Å². The summed E-state index contributed by atoms with van der Waals surface area (Å²) < 4.78 is 5.20. The Labute approximate surface area is 178 Å². The number of phenolic OH excluding ortho intramolecular Hbond substituents is 1. The summed E-state index contributed by atoms with van der Waals surface area (Å²) >= 11 is 0. The van der Waals surface area contributed by atoms with Gasteiger partial charge in [0.1, 0.15) is 5.76 Å². The van der Waals surface area contributed by atoms with Crippen LogP contribution in [0.3, 0.4) is 0 Å². The van der Waals surface area contributed by atoms with Crippen LogP contribution in [0.5, 0.6) is 11.5 Å². The summed E-state index contributed by atoms with van der Waals surface area (Å²) in [6.45, 7) is 0.111. The zero-order valence-electron chi connectivity index (χ0n) is 16.6. The summed E-state index contributed by atoms with van der Waals surface area (Å²) in [6, 6.07) is 10.3. The number of rotatable bonds is 5. The fourth-order valence-electron chi connectivity index (χ4n) is 3.61. The van der Waals surface area contributed by atoms with Crippen molar-refractivity contribution in [3.05, 3.63) is 89.5 Å². The van der Waals surface area contributed by atoms with Crippen LogP contribution >= 0.6 is 0 Å². The van der Waals surface area contributed by atoms with Crippen molar-refractivity contribution in [3.63, 3.8) is 0 Å². The second-order valence-corrected chi connectivity index (χ2v) is 6.96. The molecule has 1 aliphatic heterocycles. The zero-order chi connectivity index (χ0) is 22.0. The minimum Gasteiger partial charge on any atom is -0.507 e. The van der Waals surface area contributed by atoms with Gasteiger partial charge in [-0.2, -0.15) is 0 Å². The number of ether oxygens (including phenoxy) is 1. The van der Waals surface area contributed by atoms with Gasteiger partial charge in [0.2, 0.25) is 0 Å². The van der Waals surface area contributed by atoms with Gasteiger partial charge < -0.3 is 19.8 Å². The Balaban J connectivity index is 1.89. The summed E-state index contributed by atoms with van der Waals surface area (Å²) in [7, 11) is 1.41. The monoisotopic (exact) mass is 417 g/mol. The van der Waals surface area contributed by atoms with E-state index in [0.29, 0.717) is 11.1 Å². The Kier molecular flexibility index (Phi) is 5.36. The van der Waals surface area contributed by atoms with Crippen LogP contribution in [0.2, 0.25) is 0 Å². The van der Waals surface area contributed by atoms with Crippen molar-refractivity contribution in [1.82, 2.24) is 14.9 Å². The van der Waals surface area contributed by atoms with E-state index in [1.54, 1.807) is 48.8 Å². The molecule has 0 radical (unpaired) electrons. The van der Waals surface area contributed by atoms with Gasteiger partial charge in [0.05, 0.1) is 18.7 Å². The molecule has 0 saturated carbocycles. The topological polar surface area (TPSA) is 113 Å². The van der Waals surface area contributed by atoms with Crippen molar-refractivity contribution in [3.8, 4) is 11.5 Å². The molecule has 4 rings (SSSR count). The molecule has 0 bridgehead atoms. The number of amides is 1. The first-order chi connectivity index (χ1) is 15.0. The molecule has 1 amide bonds. The molecule has 1 aromatic carbocycles. The largest absolute Gasteiger partial charge is 0.507 e. The lowest BCUT2D eigenvalue weighted by molar-refractivity contribution is -0.140. The van der Waals surface area contributed by atoms with E-state index in [1.165, 1.54) is 30.5 Å². The third kappa shape index (κ3) is 3.71. The molecule has 3 heterocycles. The van der Waals surface area contributed by atoms with Gasteiger partial charge in [0.15, 0.2) is 11.5 Å². The van der Waals surface area contributed by atoms with Gasteiger partial charge in [-0.15, -0.1) is 0 Å². The lowest BCUT2D eigenvalue weighted by Gasteiger charge is -2.25. The number of ketones is 1. The molecular formula is C23H19N3O5. The smallest absolute Gasteiger partial charge is 0.295 e. The van der Waals surface area contributed by atoms with Crippen molar-refractivity contribution in [2.75, 3.05) is 7.11 Å². The third-order valence-corrected chi connectivity index (χ3v) is 5.09. The van der Waals surface area contributed by atoms with Crippen molar-refractivity contribution >= 4 is 17.4 Å². The van der Waals surface area contributed by atoms with Crippen molar-refractivity contribution in [2.24, 2.45) is 0 Å². The Hall–Kier alpha value is -4.20. The number of hydrogen-bond acceptors (Lipinski definition) is 7. The maximum Gasteiger partial charge on any atom is 0.295 e. The van der Waals surface area contributed by atoms with E-state index in [4.69, 9.17) is 4.74 Å². The van der Waals surface area contributed by atoms with Gasteiger partial charge in [0.25, 0.3) is 11.7 Å². The number of aromatic nitrogens is 2. The second kappa shape index (κ2) is 8.27. The number of carbonyl (C=O) groups is 2. The minimum absolute atomic E-state index is 0.0483. The van der Waals surface area contributed by atoms with E-state index in [0.717, 1.165) is 5.56 Å². The number of phenols is 1. The van der Waals surface area contributed by atoms with E-state index in [9.17, 15) is 19.8 Å². The van der Waals surface area contributed by atoms with Crippen LogP contribution < -0.4 is 4.74 Å². The van der Waals surface area contributed by atoms with Gasteiger partial charge in [-0.05, 0) is 41.5 Å². The number of hydrogen-bond donors (Lipinski definition) is 2. The Morgan fingerprint density at radius 2 is 1.87 bits per heavy atom. The van der Waals surface area contributed by atoms with Crippen LogP contribution in [0, 0.1) is 0 Å². The molecule has 8 nitrogen and oxygen atoms in total. The normalized spacial score (nSPS) is 17.7. The first kappa shape index (κ1) is 20.1. The molecule has 3 aromatic rings. The number of benzene rings is 1. The standard InChI is InChI=1S/C23H19N3O5/c1-31-18-11-16(4-5-17(18)27)20-19(21(28)15-6-9-24-10-7-15)22(29)23(30)26(20)13-14-3-2-8-25-12-14/h2-12,20,27-28H,13H2,1H3. The van der Waals surface area contributed by atoms with E-state index in [1.807, 2.05) is 0 Å². The molecule has 2 aromatic heterocycles. The average molecular weight is 417 g/mol. The predicted molar refractivity (Wildman–Crippen MR) is 111 cm³/mol. The van der Waals surface area contributed by atoms with E-state index < -0.39 is 17.7 Å². The molecular weight excluding hydrogens is 398 g/mol. The van der Waals surface area contributed by atoms with Crippen LogP contribution in [0.15, 0.2) is 72.8 Å². The average Bonchev–Trinajstić information content (AvgIpc) is 3.05. The molecule has 8 heteroatoms. The minimum atomic E-state index is -0.886. The second-order valence-electron chi connectivity index (χ2n) is 6.96. The first-order valence-corrected chi connectivity index (χ1v) is 9.46. The highest BCUT2D eigenvalue weighted by Gasteiger charge is 2.46. The number of Topliss-reactive ketones (excluding diaryl/α,β-unsaturated/α-hetero) is 1. The molecule has 1 fully saturated rings. The molecule has 0 aliphatic carbocycles. The lowest BCUT2D eigenvalue weighted by Crippen LogP contribution is -2.29. The number of carbonyl (C=O) groups excluding carboxylic acids is 2. The predicted octanol–water partition coefficient (Wildman–Crippen LogP) is 2.81. The third-order valence-electron chi connectivity index (χ3n) is 5.09. The van der Waals surface area contributed by atoms with Gasteiger partial charge in [-0.25, -0.2) is 0 Å². The molecule has 156 valence electrons. The lowest BCUT2D eigenvalue weighted by atomic mass is 9.95. The van der Waals surface area contributed by atoms with Crippen molar-refractivity contribution < 1.29 is 24.5 Å². The van der Waals surface area contributed by atoms with Crippen LogP contribution in [-0.4, -0.2) is 43.9 Å². The number of aromatic hydroxyl groups is 1. The number of aliphatic hydroxyl groups excluding tert-OH is 1. The van der Waals surface area contributed by atoms with E-state index in [-0.39, 0.29) is 29.4 Å². The Bertz CT molecular complexity index is 1160. The van der Waals surface area contributed by atoms with Gasteiger partial charge in [-0.3, -0.25) is 19.6 Å². The quantitative estimate of drug-likeness (QED) is 0.373. The fourth-order valence-corrected chi connectivity index (χ4v) is 3.61. The first-order valence-electron chi connectivity index (χ1n) is 9.46.